The highest BCUT2D eigenvalue weighted by molar-refractivity contribution is 6.42. The summed E-state index contributed by atoms with van der Waals surface area (Å²) in [6, 6.07) is 7.35. The molecule has 1 saturated carbocycles. The number of piperazine rings is 1. The van der Waals surface area contributed by atoms with Crippen molar-refractivity contribution in [3.63, 3.8) is 0 Å². The zero-order valence-corrected chi connectivity index (χ0v) is 14.1. The van der Waals surface area contributed by atoms with Crippen molar-refractivity contribution >= 4 is 23.2 Å². The molecule has 1 aromatic carbocycles. The first-order valence-corrected chi connectivity index (χ1v) is 8.84. The smallest absolute Gasteiger partial charge is 0.0595 e. The van der Waals surface area contributed by atoms with Gasteiger partial charge in [0, 0.05) is 31.7 Å². The number of nitrogens with one attached hydrogen (secondary N) is 1. The number of rotatable bonds is 5. The van der Waals surface area contributed by atoms with Crippen molar-refractivity contribution in [2.45, 2.75) is 51.2 Å². The van der Waals surface area contributed by atoms with Crippen molar-refractivity contribution in [3.8, 4) is 0 Å². The molecule has 1 aromatic rings. The van der Waals surface area contributed by atoms with Crippen molar-refractivity contribution in [2.75, 3.05) is 13.1 Å². The van der Waals surface area contributed by atoms with Gasteiger partial charge in [0.1, 0.15) is 0 Å². The topological polar surface area (TPSA) is 15.3 Å². The van der Waals surface area contributed by atoms with Gasteiger partial charge in [-0.3, -0.25) is 4.90 Å². The fraction of sp³-hybridized carbons (Fsp3) is 0.647. The zero-order valence-electron chi connectivity index (χ0n) is 12.6. The Morgan fingerprint density at radius 3 is 2.71 bits per heavy atom. The van der Waals surface area contributed by atoms with Crippen LogP contribution in [0.1, 0.15) is 38.2 Å². The van der Waals surface area contributed by atoms with Gasteiger partial charge in [0.05, 0.1) is 10.0 Å². The van der Waals surface area contributed by atoms with E-state index in [-0.39, 0.29) is 0 Å². The summed E-state index contributed by atoms with van der Waals surface area (Å²) in [7, 11) is 0. The lowest BCUT2D eigenvalue weighted by Crippen LogP contribution is -2.56. The van der Waals surface area contributed by atoms with Crippen LogP contribution < -0.4 is 5.32 Å². The van der Waals surface area contributed by atoms with Crippen LogP contribution in [0.4, 0.5) is 0 Å². The highest BCUT2D eigenvalue weighted by Crippen LogP contribution is 2.35. The van der Waals surface area contributed by atoms with Gasteiger partial charge >= 0.3 is 0 Å². The Morgan fingerprint density at radius 2 is 2.05 bits per heavy atom. The summed E-state index contributed by atoms with van der Waals surface area (Å²) in [5.41, 5.74) is 1.27. The summed E-state index contributed by atoms with van der Waals surface area (Å²) in [4.78, 5) is 2.64. The first-order valence-electron chi connectivity index (χ1n) is 8.08. The van der Waals surface area contributed by atoms with E-state index in [1.165, 1.54) is 31.2 Å². The van der Waals surface area contributed by atoms with Crippen LogP contribution >= 0.6 is 23.2 Å². The van der Waals surface area contributed by atoms with Crippen LogP contribution in [0.15, 0.2) is 18.2 Å². The van der Waals surface area contributed by atoms with Gasteiger partial charge in [-0.05, 0) is 42.9 Å². The van der Waals surface area contributed by atoms with Gasteiger partial charge in [-0.25, -0.2) is 0 Å². The third-order valence-electron chi connectivity index (χ3n) is 4.75. The highest BCUT2D eigenvalue weighted by atomic mass is 35.5. The van der Waals surface area contributed by atoms with Crippen molar-refractivity contribution < 1.29 is 0 Å². The summed E-state index contributed by atoms with van der Waals surface area (Å²) in [5, 5.41) is 5.07. The van der Waals surface area contributed by atoms with E-state index >= 15 is 0 Å². The van der Waals surface area contributed by atoms with E-state index in [0.29, 0.717) is 22.1 Å². The van der Waals surface area contributed by atoms with Gasteiger partial charge in [-0.2, -0.15) is 0 Å². The summed E-state index contributed by atoms with van der Waals surface area (Å²) >= 11 is 12.2. The first-order chi connectivity index (χ1) is 10.2. The van der Waals surface area contributed by atoms with E-state index in [1.54, 1.807) is 0 Å². The van der Waals surface area contributed by atoms with E-state index in [4.69, 9.17) is 23.2 Å². The maximum Gasteiger partial charge on any atom is 0.0595 e. The fourth-order valence-electron chi connectivity index (χ4n) is 3.38. The Hall–Kier alpha value is -0.280. The molecule has 2 aliphatic rings. The maximum absolute atomic E-state index is 6.16. The molecule has 2 fully saturated rings. The van der Waals surface area contributed by atoms with Gasteiger partial charge < -0.3 is 5.32 Å². The largest absolute Gasteiger partial charge is 0.311 e. The molecular formula is C17H24Cl2N2. The van der Waals surface area contributed by atoms with Gasteiger partial charge in [-0.15, -0.1) is 0 Å². The van der Waals surface area contributed by atoms with Crippen LogP contribution in [0.25, 0.3) is 0 Å². The summed E-state index contributed by atoms with van der Waals surface area (Å²) in [6.07, 6.45) is 5.29. The second kappa shape index (κ2) is 6.87. The Bertz CT molecular complexity index is 488. The number of hydrogen-bond acceptors (Lipinski definition) is 2. The Morgan fingerprint density at radius 1 is 1.24 bits per heavy atom. The average Bonchev–Trinajstić information content (AvgIpc) is 3.30. The quantitative estimate of drug-likeness (QED) is 0.865. The molecule has 2 nitrogen and oxygen atoms in total. The lowest BCUT2D eigenvalue weighted by Gasteiger charge is -2.41. The molecule has 116 valence electrons. The highest BCUT2D eigenvalue weighted by Gasteiger charge is 2.36. The van der Waals surface area contributed by atoms with Crippen LogP contribution in [-0.2, 0) is 6.54 Å². The number of benzene rings is 1. The number of hydrogen-bond donors (Lipinski definition) is 1. The minimum Gasteiger partial charge on any atom is -0.311 e. The summed E-state index contributed by atoms with van der Waals surface area (Å²) < 4.78 is 0. The molecular weight excluding hydrogens is 303 g/mol. The van der Waals surface area contributed by atoms with Gasteiger partial charge in [0.25, 0.3) is 0 Å². The van der Waals surface area contributed by atoms with Crippen LogP contribution in [-0.4, -0.2) is 30.1 Å². The summed E-state index contributed by atoms with van der Waals surface area (Å²) in [5.74, 6) is 0.906. The Kier molecular flexibility index (Phi) is 5.11. The lowest BCUT2D eigenvalue weighted by molar-refractivity contribution is 0.108. The van der Waals surface area contributed by atoms with Crippen molar-refractivity contribution in [3.05, 3.63) is 33.8 Å². The molecule has 3 rings (SSSR count). The van der Waals surface area contributed by atoms with Crippen molar-refractivity contribution in [1.29, 1.82) is 0 Å². The van der Waals surface area contributed by atoms with E-state index in [0.717, 1.165) is 25.6 Å². The van der Waals surface area contributed by atoms with E-state index in [9.17, 15) is 0 Å². The molecule has 21 heavy (non-hydrogen) atoms. The van der Waals surface area contributed by atoms with Crippen LogP contribution in [0, 0.1) is 5.92 Å². The van der Waals surface area contributed by atoms with E-state index < -0.39 is 0 Å². The van der Waals surface area contributed by atoms with Gasteiger partial charge in [0.15, 0.2) is 0 Å². The SMILES string of the molecule is CCCC1CNC(C2CC2)CN1Cc1ccc(Cl)c(Cl)c1. The fourth-order valence-corrected chi connectivity index (χ4v) is 3.70. The molecule has 1 heterocycles. The van der Waals surface area contributed by atoms with Gasteiger partial charge in [-0.1, -0.05) is 42.6 Å². The third-order valence-corrected chi connectivity index (χ3v) is 5.48. The molecule has 1 N–H and O–H groups in total. The van der Waals surface area contributed by atoms with Gasteiger partial charge in [0.2, 0.25) is 0 Å². The van der Waals surface area contributed by atoms with Crippen LogP contribution in [0.5, 0.6) is 0 Å². The van der Waals surface area contributed by atoms with Crippen LogP contribution in [0.2, 0.25) is 10.0 Å². The first kappa shape index (κ1) is 15.6. The molecule has 0 radical (unpaired) electrons. The normalized spacial score (nSPS) is 27.0. The minimum atomic E-state index is 0.638. The maximum atomic E-state index is 6.16. The standard InChI is InChI=1S/C17H24Cl2N2/c1-2-3-14-9-20-17(13-5-6-13)11-21(14)10-12-4-7-15(18)16(19)8-12/h4,7-8,13-14,17,20H,2-3,5-6,9-11H2,1H3. The van der Waals surface area contributed by atoms with Crippen molar-refractivity contribution in [2.24, 2.45) is 5.92 Å². The van der Waals surface area contributed by atoms with Crippen LogP contribution in [0.3, 0.4) is 0 Å². The number of halogens is 2. The van der Waals surface area contributed by atoms with Crippen molar-refractivity contribution in [1.82, 2.24) is 10.2 Å². The monoisotopic (exact) mass is 326 g/mol. The Labute approximate surface area is 137 Å². The molecule has 0 amide bonds. The molecule has 1 aliphatic heterocycles. The second-order valence-electron chi connectivity index (χ2n) is 6.47. The Balaban J connectivity index is 1.69. The number of nitrogens with zero attached hydrogens (tertiary/aromatic N) is 1. The lowest BCUT2D eigenvalue weighted by atomic mass is 10.0. The molecule has 4 heteroatoms. The predicted octanol–water partition coefficient (Wildman–Crippen LogP) is 4.35. The van der Waals surface area contributed by atoms with E-state index in [2.05, 4.69) is 23.2 Å². The molecule has 0 aromatic heterocycles. The average molecular weight is 327 g/mol. The molecule has 1 aliphatic carbocycles. The summed E-state index contributed by atoms with van der Waals surface area (Å²) in [6.45, 7) is 5.53. The van der Waals surface area contributed by atoms with E-state index in [1.807, 2.05) is 12.1 Å². The predicted molar refractivity (Wildman–Crippen MR) is 90.1 cm³/mol. The second-order valence-corrected chi connectivity index (χ2v) is 7.29. The molecule has 0 bridgehead atoms. The molecule has 2 unspecified atom stereocenters. The molecule has 1 saturated heterocycles. The molecule has 0 spiro atoms. The molecule has 2 atom stereocenters. The minimum absolute atomic E-state index is 0.638. The third kappa shape index (κ3) is 3.92. The zero-order chi connectivity index (χ0) is 14.8.